The first kappa shape index (κ1) is 16.4. The van der Waals surface area contributed by atoms with Crippen molar-refractivity contribution < 1.29 is 19.1 Å². The Morgan fingerprint density at radius 1 is 1.32 bits per heavy atom. The predicted octanol–water partition coefficient (Wildman–Crippen LogP) is 0.533. The Morgan fingerprint density at radius 2 is 2.05 bits per heavy atom. The number of esters is 1. The number of amides is 2. The summed E-state index contributed by atoms with van der Waals surface area (Å²) in [4.78, 5) is 37.2. The standard InChI is InChI=1S/C15H18N2O4S/c1-21-15(20)12-10-17(7-8-22-12)13(18)9-16-14(19)11-5-3-2-4-6-11/h2-6,12H,7-10H2,1H3,(H,16,19)/t12-/m0/s1. The summed E-state index contributed by atoms with van der Waals surface area (Å²) in [5, 5.41) is 2.25. The average molecular weight is 322 g/mol. The van der Waals surface area contributed by atoms with Gasteiger partial charge in [0.05, 0.1) is 13.7 Å². The van der Waals surface area contributed by atoms with Gasteiger partial charge in [-0.15, -0.1) is 11.8 Å². The average Bonchev–Trinajstić information content (AvgIpc) is 2.59. The number of nitrogens with one attached hydrogen (secondary N) is 1. The minimum Gasteiger partial charge on any atom is -0.468 e. The zero-order chi connectivity index (χ0) is 15.9. The molecule has 0 unspecified atom stereocenters. The first-order valence-corrected chi connectivity index (χ1v) is 7.97. The smallest absolute Gasteiger partial charge is 0.320 e. The minimum absolute atomic E-state index is 0.0771. The normalized spacial score (nSPS) is 17.7. The van der Waals surface area contributed by atoms with Crippen LogP contribution in [0.15, 0.2) is 30.3 Å². The van der Waals surface area contributed by atoms with Crippen LogP contribution in [0.1, 0.15) is 10.4 Å². The Morgan fingerprint density at radius 3 is 2.73 bits per heavy atom. The van der Waals surface area contributed by atoms with E-state index < -0.39 is 0 Å². The van der Waals surface area contributed by atoms with Crippen molar-refractivity contribution in [2.45, 2.75) is 5.25 Å². The van der Waals surface area contributed by atoms with Gasteiger partial charge in [-0.3, -0.25) is 14.4 Å². The highest BCUT2D eigenvalue weighted by Crippen LogP contribution is 2.19. The number of hydrogen-bond acceptors (Lipinski definition) is 5. The summed E-state index contributed by atoms with van der Waals surface area (Å²) in [7, 11) is 1.34. The topological polar surface area (TPSA) is 75.7 Å². The Hall–Kier alpha value is -2.02. The molecule has 1 aromatic carbocycles. The van der Waals surface area contributed by atoms with Gasteiger partial charge in [0.25, 0.3) is 5.91 Å². The quantitative estimate of drug-likeness (QED) is 0.819. The van der Waals surface area contributed by atoms with E-state index in [1.807, 2.05) is 6.07 Å². The number of methoxy groups -OCH3 is 1. The number of benzene rings is 1. The van der Waals surface area contributed by atoms with Gasteiger partial charge in [-0.25, -0.2) is 0 Å². The van der Waals surface area contributed by atoms with E-state index in [0.717, 1.165) is 0 Å². The van der Waals surface area contributed by atoms with Gasteiger partial charge < -0.3 is 15.0 Å². The fraction of sp³-hybridized carbons (Fsp3) is 0.400. The lowest BCUT2D eigenvalue weighted by Gasteiger charge is -2.31. The molecule has 6 nitrogen and oxygen atoms in total. The molecule has 0 spiro atoms. The lowest BCUT2D eigenvalue weighted by molar-refractivity contribution is -0.141. The number of thioether (sulfide) groups is 1. The first-order chi connectivity index (χ1) is 10.6. The van der Waals surface area contributed by atoms with Crippen molar-refractivity contribution in [3.63, 3.8) is 0 Å². The molecule has 1 heterocycles. The molecule has 0 radical (unpaired) electrons. The van der Waals surface area contributed by atoms with Crippen LogP contribution >= 0.6 is 11.8 Å². The second kappa shape index (κ2) is 7.84. The van der Waals surface area contributed by atoms with Crippen LogP contribution in [-0.2, 0) is 14.3 Å². The van der Waals surface area contributed by atoms with Gasteiger partial charge in [-0.05, 0) is 12.1 Å². The van der Waals surface area contributed by atoms with Crippen LogP contribution in [0.2, 0.25) is 0 Å². The zero-order valence-corrected chi connectivity index (χ0v) is 13.1. The molecule has 1 aliphatic rings. The summed E-state index contributed by atoms with van der Waals surface area (Å²) in [6, 6.07) is 8.72. The van der Waals surface area contributed by atoms with Crippen LogP contribution in [0.3, 0.4) is 0 Å². The van der Waals surface area contributed by atoms with E-state index in [0.29, 0.717) is 24.4 Å². The van der Waals surface area contributed by atoms with Crippen molar-refractivity contribution in [3.05, 3.63) is 35.9 Å². The van der Waals surface area contributed by atoms with Crippen molar-refractivity contribution in [2.75, 3.05) is 32.5 Å². The van der Waals surface area contributed by atoms with Gasteiger partial charge in [0, 0.05) is 24.4 Å². The highest BCUT2D eigenvalue weighted by molar-refractivity contribution is 8.00. The van der Waals surface area contributed by atoms with Crippen molar-refractivity contribution in [1.82, 2.24) is 10.2 Å². The molecule has 1 aliphatic heterocycles. The van der Waals surface area contributed by atoms with E-state index in [4.69, 9.17) is 4.74 Å². The Kier molecular flexibility index (Phi) is 5.83. The monoisotopic (exact) mass is 322 g/mol. The largest absolute Gasteiger partial charge is 0.468 e. The van der Waals surface area contributed by atoms with Crippen LogP contribution in [-0.4, -0.2) is 60.4 Å². The van der Waals surface area contributed by atoms with E-state index in [1.165, 1.54) is 18.9 Å². The van der Waals surface area contributed by atoms with Crippen LogP contribution in [0.4, 0.5) is 0 Å². The maximum absolute atomic E-state index is 12.1. The second-order valence-electron chi connectivity index (χ2n) is 4.77. The minimum atomic E-state index is -0.354. The molecule has 0 aromatic heterocycles. The lowest BCUT2D eigenvalue weighted by Crippen LogP contribution is -2.48. The van der Waals surface area contributed by atoms with Gasteiger partial charge in [0.2, 0.25) is 5.91 Å². The fourth-order valence-corrected chi connectivity index (χ4v) is 3.24. The fourth-order valence-electron chi connectivity index (χ4n) is 2.11. The van der Waals surface area contributed by atoms with E-state index >= 15 is 0 Å². The SMILES string of the molecule is COC(=O)[C@@H]1CN(C(=O)CNC(=O)c2ccccc2)CCS1. The summed E-state index contributed by atoms with van der Waals surface area (Å²) in [6.45, 7) is 0.807. The molecule has 0 bridgehead atoms. The van der Waals surface area contributed by atoms with Crippen molar-refractivity contribution in [1.29, 1.82) is 0 Å². The molecule has 2 rings (SSSR count). The highest BCUT2D eigenvalue weighted by atomic mass is 32.2. The summed E-state index contributed by atoms with van der Waals surface area (Å²) >= 11 is 1.48. The van der Waals surface area contributed by atoms with Crippen molar-refractivity contribution in [3.8, 4) is 0 Å². The predicted molar refractivity (Wildman–Crippen MR) is 83.6 cm³/mol. The van der Waals surface area contributed by atoms with Gasteiger partial charge in [0.15, 0.2) is 0 Å². The molecule has 1 saturated heterocycles. The third kappa shape index (κ3) is 4.24. The molecule has 0 saturated carbocycles. The van der Waals surface area contributed by atoms with E-state index in [2.05, 4.69) is 5.32 Å². The maximum Gasteiger partial charge on any atom is 0.320 e. The number of carbonyl (C=O) groups is 3. The molecular formula is C15H18N2O4S. The molecule has 7 heteroatoms. The Labute approximate surface area is 133 Å². The number of hydrogen-bond donors (Lipinski definition) is 1. The third-order valence-corrected chi connectivity index (χ3v) is 4.48. The summed E-state index contributed by atoms with van der Waals surface area (Å²) < 4.78 is 4.71. The van der Waals surface area contributed by atoms with Gasteiger partial charge in [0.1, 0.15) is 5.25 Å². The van der Waals surface area contributed by atoms with Crippen LogP contribution in [0, 0.1) is 0 Å². The molecule has 1 atom stereocenters. The Balaban J connectivity index is 1.84. The van der Waals surface area contributed by atoms with Crippen LogP contribution in [0.5, 0.6) is 0 Å². The summed E-state index contributed by atoms with van der Waals surface area (Å²) in [5.74, 6) is -0.128. The first-order valence-electron chi connectivity index (χ1n) is 6.92. The lowest BCUT2D eigenvalue weighted by atomic mass is 10.2. The number of nitrogens with zero attached hydrogens (tertiary/aromatic N) is 1. The second-order valence-corrected chi connectivity index (χ2v) is 6.08. The van der Waals surface area contributed by atoms with E-state index in [9.17, 15) is 14.4 Å². The molecule has 118 valence electrons. The molecule has 22 heavy (non-hydrogen) atoms. The number of ether oxygens (including phenoxy) is 1. The van der Waals surface area contributed by atoms with Gasteiger partial charge in [-0.2, -0.15) is 0 Å². The highest BCUT2D eigenvalue weighted by Gasteiger charge is 2.29. The van der Waals surface area contributed by atoms with Gasteiger partial charge >= 0.3 is 5.97 Å². The number of rotatable bonds is 4. The van der Waals surface area contributed by atoms with Gasteiger partial charge in [-0.1, -0.05) is 18.2 Å². The maximum atomic E-state index is 12.1. The molecular weight excluding hydrogens is 304 g/mol. The molecule has 1 fully saturated rings. The zero-order valence-electron chi connectivity index (χ0n) is 12.3. The Bertz CT molecular complexity index is 550. The van der Waals surface area contributed by atoms with E-state index in [-0.39, 0.29) is 29.6 Å². The van der Waals surface area contributed by atoms with Crippen molar-refractivity contribution in [2.24, 2.45) is 0 Å². The molecule has 2 amide bonds. The third-order valence-electron chi connectivity index (χ3n) is 3.32. The summed E-state index contributed by atoms with van der Waals surface area (Å²) in [6.07, 6.45) is 0. The molecule has 1 N–H and O–H groups in total. The molecule has 0 aliphatic carbocycles. The van der Waals surface area contributed by atoms with Crippen LogP contribution in [0.25, 0.3) is 0 Å². The van der Waals surface area contributed by atoms with Crippen LogP contribution < -0.4 is 5.32 Å². The molecule has 1 aromatic rings. The summed E-state index contributed by atoms with van der Waals surface area (Å²) in [5.41, 5.74) is 0.511. The van der Waals surface area contributed by atoms with Crippen molar-refractivity contribution >= 4 is 29.5 Å². The number of carbonyl (C=O) groups excluding carboxylic acids is 3. The van der Waals surface area contributed by atoms with E-state index in [1.54, 1.807) is 29.2 Å².